The summed E-state index contributed by atoms with van der Waals surface area (Å²) in [4.78, 5) is 0. The first-order valence-electron chi connectivity index (χ1n) is 8.14. The number of hydrogen-bond acceptors (Lipinski definition) is 2. The molecule has 2 aliphatic rings. The minimum atomic E-state index is 0.575. The van der Waals surface area contributed by atoms with Crippen LogP contribution in [0.15, 0.2) is 0 Å². The molecular formula is C16H32N2. The quantitative estimate of drug-likeness (QED) is 0.788. The summed E-state index contributed by atoms with van der Waals surface area (Å²) >= 11 is 0. The smallest absolute Gasteiger partial charge is 0.000528 e. The van der Waals surface area contributed by atoms with Crippen LogP contribution in [0, 0.1) is 17.3 Å². The molecule has 2 rings (SSSR count). The van der Waals surface area contributed by atoms with Gasteiger partial charge in [0, 0.05) is 6.54 Å². The third-order valence-corrected chi connectivity index (χ3v) is 5.39. The molecule has 0 bridgehead atoms. The van der Waals surface area contributed by atoms with E-state index in [-0.39, 0.29) is 0 Å². The van der Waals surface area contributed by atoms with Crippen LogP contribution in [0.4, 0.5) is 0 Å². The largest absolute Gasteiger partial charge is 0.330 e. The fourth-order valence-electron chi connectivity index (χ4n) is 4.00. The average molecular weight is 252 g/mol. The molecule has 2 nitrogen and oxygen atoms in total. The van der Waals surface area contributed by atoms with Crippen LogP contribution in [-0.4, -0.2) is 19.6 Å². The van der Waals surface area contributed by atoms with E-state index in [1.165, 1.54) is 70.9 Å². The summed E-state index contributed by atoms with van der Waals surface area (Å²) in [7, 11) is 0. The van der Waals surface area contributed by atoms with Gasteiger partial charge >= 0.3 is 0 Å². The van der Waals surface area contributed by atoms with Crippen LogP contribution in [0.25, 0.3) is 0 Å². The van der Waals surface area contributed by atoms with Gasteiger partial charge in [-0.15, -0.1) is 0 Å². The minimum Gasteiger partial charge on any atom is -0.330 e. The van der Waals surface area contributed by atoms with Gasteiger partial charge in [-0.1, -0.05) is 39.0 Å². The molecule has 0 aliphatic heterocycles. The molecule has 106 valence electrons. The third kappa shape index (κ3) is 3.96. The molecular weight excluding hydrogens is 220 g/mol. The van der Waals surface area contributed by atoms with Gasteiger partial charge in [0.1, 0.15) is 0 Å². The molecule has 2 fully saturated rings. The Morgan fingerprint density at radius 3 is 2.33 bits per heavy atom. The fourth-order valence-corrected chi connectivity index (χ4v) is 4.00. The standard InChI is InChI=1S/C16H32N2/c1-16(9-5-2-6-10-16)13-18-12-15-8-4-3-7-14(15)11-17/h14-15,18H,2-13,17H2,1H3. The van der Waals surface area contributed by atoms with Crippen molar-refractivity contribution in [2.45, 2.75) is 64.7 Å². The molecule has 0 aromatic rings. The van der Waals surface area contributed by atoms with E-state index in [2.05, 4.69) is 12.2 Å². The highest BCUT2D eigenvalue weighted by Gasteiger charge is 2.28. The van der Waals surface area contributed by atoms with Crippen LogP contribution in [0.3, 0.4) is 0 Å². The maximum absolute atomic E-state index is 5.91. The molecule has 0 heterocycles. The van der Waals surface area contributed by atoms with E-state index in [9.17, 15) is 0 Å². The second-order valence-electron chi connectivity index (χ2n) is 7.04. The summed E-state index contributed by atoms with van der Waals surface area (Å²) in [6.45, 7) is 5.79. The Hall–Kier alpha value is -0.0800. The first kappa shape index (κ1) is 14.3. The Kier molecular flexibility index (Phi) is 5.50. The summed E-state index contributed by atoms with van der Waals surface area (Å²) in [5, 5.41) is 3.77. The molecule has 2 atom stereocenters. The Bertz CT molecular complexity index is 233. The predicted octanol–water partition coefficient (Wildman–Crippen LogP) is 3.31. The van der Waals surface area contributed by atoms with Crippen LogP contribution in [-0.2, 0) is 0 Å². The highest BCUT2D eigenvalue weighted by molar-refractivity contribution is 4.83. The maximum Gasteiger partial charge on any atom is 0.000528 e. The van der Waals surface area contributed by atoms with Gasteiger partial charge in [-0.25, -0.2) is 0 Å². The molecule has 0 aromatic heterocycles. The van der Waals surface area contributed by atoms with Crippen molar-refractivity contribution >= 4 is 0 Å². The van der Waals surface area contributed by atoms with E-state index in [0.29, 0.717) is 5.41 Å². The molecule has 0 saturated heterocycles. The number of nitrogens with one attached hydrogen (secondary N) is 1. The third-order valence-electron chi connectivity index (χ3n) is 5.39. The number of nitrogens with two attached hydrogens (primary N) is 1. The molecule has 18 heavy (non-hydrogen) atoms. The van der Waals surface area contributed by atoms with Crippen molar-refractivity contribution in [1.82, 2.24) is 5.32 Å². The van der Waals surface area contributed by atoms with Gasteiger partial charge in [0.2, 0.25) is 0 Å². The Morgan fingerprint density at radius 1 is 1.00 bits per heavy atom. The van der Waals surface area contributed by atoms with Crippen molar-refractivity contribution in [1.29, 1.82) is 0 Å². The zero-order valence-corrected chi connectivity index (χ0v) is 12.2. The summed E-state index contributed by atoms with van der Waals surface area (Å²) < 4.78 is 0. The normalized spacial score (nSPS) is 32.3. The van der Waals surface area contributed by atoms with Crippen molar-refractivity contribution in [2.75, 3.05) is 19.6 Å². The van der Waals surface area contributed by atoms with E-state index >= 15 is 0 Å². The van der Waals surface area contributed by atoms with Gasteiger partial charge in [-0.05, 0) is 56.0 Å². The van der Waals surface area contributed by atoms with Crippen molar-refractivity contribution in [3.05, 3.63) is 0 Å². The highest BCUT2D eigenvalue weighted by atomic mass is 14.9. The first-order valence-corrected chi connectivity index (χ1v) is 8.14. The minimum absolute atomic E-state index is 0.575. The predicted molar refractivity (Wildman–Crippen MR) is 78.6 cm³/mol. The SMILES string of the molecule is CC1(CNCC2CCCCC2CN)CCCCC1. The molecule has 3 N–H and O–H groups in total. The zero-order chi connectivity index (χ0) is 12.8. The lowest BCUT2D eigenvalue weighted by Crippen LogP contribution is -2.39. The number of rotatable bonds is 5. The average Bonchev–Trinajstić information content (AvgIpc) is 2.40. The van der Waals surface area contributed by atoms with Crippen molar-refractivity contribution in [3.8, 4) is 0 Å². The van der Waals surface area contributed by atoms with Crippen LogP contribution in [0.1, 0.15) is 64.7 Å². The molecule has 2 aliphatic carbocycles. The van der Waals surface area contributed by atoms with Crippen molar-refractivity contribution < 1.29 is 0 Å². The molecule has 0 radical (unpaired) electrons. The molecule has 0 spiro atoms. The second kappa shape index (κ2) is 6.91. The van der Waals surface area contributed by atoms with E-state index in [4.69, 9.17) is 5.73 Å². The van der Waals surface area contributed by atoms with Gasteiger partial charge in [-0.2, -0.15) is 0 Å². The van der Waals surface area contributed by atoms with E-state index < -0.39 is 0 Å². The number of hydrogen-bond donors (Lipinski definition) is 2. The highest BCUT2D eigenvalue weighted by Crippen LogP contribution is 2.35. The Balaban J connectivity index is 1.70. The van der Waals surface area contributed by atoms with Crippen LogP contribution in [0.2, 0.25) is 0 Å². The summed E-state index contributed by atoms with van der Waals surface area (Å²) in [6, 6.07) is 0. The zero-order valence-electron chi connectivity index (χ0n) is 12.2. The summed E-state index contributed by atoms with van der Waals surface area (Å²) in [6.07, 6.45) is 12.7. The van der Waals surface area contributed by atoms with E-state index in [1.807, 2.05) is 0 Å². The van der Waals surface area contributed by atoms with Crippen molar-refractivity contribution in [2.24, 2.45) is 23.0 Å². The summed E-state index contributed by atoms with van der Waals surface area (Å²) in [5.74, 6) is 1.63. The van der Waals surface area contributed by atoms with Crippen molar-refractivity contribution in [3.63, 3.8) is 0 Å². The summed E-state index contributed by atoms with van der Waals surface area (Å²) in [5.41, 5.74) is 6.48. The lowest BCUT2D eigenvalue weighted by molar-refractivity contribution is 0.186. The molecule has 2 saturated carbocycles. The van der Waals surface area contributed by atoms with Crippen LogP contribution >= 0.6 is 0 Å². The molecule has 2 unspecified atom stereocenters. The first-order chi connectivity index (χ1) is 8.73. The molecule has 0 amide bonds. The van der Waals surface area contributed by atoms with Gasteiger partial charge in [0.25, 0.3) is 0 Å². The van der Waals surface area contributed by atoms with Crippen LogP contribution < -0.4 is 11.1 Å². The Labute approximate surface area is 113 Å². The molecule has 0 aromatic carbocycles. The van der Waals surface area contributed by atoms with Gasteiger partial charge in [0.05, 0.1) is 0 Å². The van der Waals surface area contributed by atoms with E-state index in [1.54, 1.807) is 0 Å². The van der Waals surface area contributed by atoms with Crippen LogP contribution in [0.5, 0.6) is 0 Å². The maximum atomic E-state index is 5.91. The molecule has 2 heteroatoms. The monoisotopic (exact) mass is 252 g/mol. The second-order valence-corrected chi connectivity index (χ2v) is 7.04. The Morgan fingerprint density at radius 2 is 1.67 bits per heavy atom. The van der Waals surface area contributed by atoms with Gasteiger partial charge < -0.3 is 11.1 Å². The topological polar surface area (TPSA) is 38.0 Å². The lowest BCUT2D eigenvalue weighted by atomic mass is 9.75. The fraction of sp³-hybridized carbons (Fsp3) is 1.00. The van der Waals surface area contributed by atoms with Gasteiger partial charge in [-0.3, -0.25) is 0 Å². The lowest BCUT2D eigenvalue weighted by Gasteiger charge is -2.36. The van der Waals surface area contributed by atoms with Gasteiger partial charge in [0.15, 0.2) is 0 Å². The van der Waals surface area contributed by atoms with E-state index in [0.717, 1.165) is 18.4 Å².